The summed E-state index contributed by atoms with van der Waals surface area (Å²) in [5.74, 6) is 0. The molecule has 0 bridgehead atoms. The van der Waals surface area contributed by atoms with Gasteiger partial charge in [-0.3, -0.25) is 9.97 Å². The number of aryl methyl sites for hydroxylation is 3. The van der Waals surface area contributed by atoms with E-state index >= 15 is 0 Å². The van der Waals surface area contributed by atoms with Crippen molar-refractivity contribution in [2.75, 3.05) is 0 Å². The average Bonchev–Trinajstić information content (AvgIpc) is 2.79. The lowest BCUT2D eigenvalue weighted by atomic mass is 9.94. The molecule has 0 fully saturated rings. The molecule has 3 aromatic carbocycles. The van der Waals surface area contributed by atoms with Crippen LogP contribution in [0.25, 0.3) is 44.1 Å². The molecule has 152 valence electrons. The van der Waals surface area contributed by atoms with E-state index in [1.165, 1.54) is 27.8 Å². The zero-order chi connectivity index (χ0) is 21.4. The minimum Gasteiger partial charge on any atom is -0.251 e. The smallest absolute Gasteiger partial charge is 0.0974 e. The Hall–Kier alpha value is -3.52. The molecule has 2 nitrogen and oxygen atoms in total. The van der Waals surface area contributed by atoms with Gasteiger partial charge < -0.3 is 0 Å². The molecule has 0 radical (unpaired) electrons. The van der Waals surface area contributed by atoms with Crippen LogP contribution in [-0.2, 0) is 6.42 Å². The Morgan fingerprint density at radius 2 is 1.19 bits per heavy atom. The van der Waals surface area contributed by atoms with Gasteiger partial charge in [0.05, 0.1) is 11.0 Å². The second kappa shape index (κ2) is 7.96. The first kappa shape index (κ1) is 19.4. The van der Waals surface area contributed by atoms with Crippen LogP contribution in [0.3, 0.4) is 0 Å². The SMILES string of the molecule is CCCc1cccc(-c2cc(C)nc3c2ccc2c(-c4ccccc4)cc(C)nc23)c1. The summed E-state index contributed by atoms with van der Waals surface area (Å²) in [6.45, 7) is 6.37. The van der Waals surface area contributed by atoms with Crippen molar-refractivity contribution in [1.82, 2.24) is 9.97 Å². The molecule has 2 heteroatoms. The van der Waals surface area contributed by atoms with Crippen LogP contribution in [0.5, 0.6) is 0 Å². The number of benzene rings is 3. The van der Waals surface area contributed by atoms with Crippen LogP contribution in [0.4, 0.5) is 0 Å². The summed E-state index contributed by atoms with van der Waals surface area (Å²) in [4.78, 5) is 9.91. The van der Waals surface area contributed by atoms with Gasteiger partial charge in [0, 0.05) is 22.2 Å². The fourth-order valence-electron chi connectivity index (χ4n) is 4.51. The van der Waals surface area contributed by atoms with Gasteiger partial charge in [-0.1, -0.05) is 80.1 Å². The molecule has 0 atom stereocenters. The molecule has 0 N–H and O–H groups in total. The molecule has 0 unspecified atom stereocenters. The van der Waals surface area contributed by atoms with Gasteiger partial charge in [0.15, 0.2) is 0 Å². The van der Waals surface area contributed by atoms with Gasteiger partial charge in [-0.05, 0) is 60.2 Å². The number of aromatic nitrogens is 2. The summed E-state index contributed by atoms with van der Waals surface area (Å²) in [5.41, 5.74) is 10.2. The van der Waals surface area contributed by atoms with E-state index in [-0.39, 0.29) is 0 Å². The molecule has 0 aliphatic rings. The van der Waals surface area contributed by atoms with E-state index in [1.807, 2.05) is 0 Å². The molecule has 0 saturated heterocycles. The zero-order valence-corrected chi connectivity index (χ0v) is 18.3. The maximum Gasteiger partial charge on any atom is 0.0974 e. The minimum atomic E-state index is 0.978. The maximum absolute atomic E-state index is 4.96. The van der Waals surface area contributed by atoms with Crippen molar-refractivity contribution in [2.24, 2.45) is 0 Å². The quantitative estimate of drug-likeness (QED) is 0.288. The van der Waals surface area contributed by atoms with E-state index in [4.69, 9.17) is 9.97 Å². The highest BCUT2D eigenvalue weighted by atomic mass is 14.8. The molecular formula is C29H26N2. The molecular weight excluding hydrogens is 376 g/mol. The van der Waals surface area contributed by atoms with Crippen molar-refractivity contribution in [3.05, 3.63) is 95.8 Å². The van der Waals surface area contributed by atoms with Crippen LogP contribution in [0.1, 0.15) is 30.3 Å². The van der Waals surface area contributed by atoms with E-state index in [0.717, 1.165) is 46.0 Å². The van der Waals surface area contributed by atoms with Crippen molar-refractivity contribution < 1.29 is 0 Å². The van der Waals surface area contributed by atoms with Crippen molar-refractivity contribution in [3.63, 3.8) is 0 Å². The van der Waals surface area contributed by atoms with Crippen molar-refractivity contribution in [3.8, 4) is 22.3 Å². The van der Waals surface area contributed by atoms with Crippen molar-refractivity contribution in [1.29, 1.82) is 0 Å². The number of pyridine rings is 2. The molecule has 0 spiro atoms. The molecule has 2 aromatic heterocycles. The lowest BCUT2D eigenvalue weighted by Gasteiger charge is -2.14. The Kier molecular flexibility index (Phi) is 4.99. The normalized spacial score (nSPS) is 11.3. The highest BCUT2D eigenvalue weighted by Gasteiger charge is 2.14. The summed E-state index contributed by atoms with van der Waals surface area (Å²) in [7, 11) is 0. The van der Waals surface area contributed by atoms with Gasteiger partial charge in [0.25, 0.3) is 0 Å². The molecule has 2 heterocycles. The van der Waals surface area contributed by atoms with E-state index in [2.05, 4.69) is 99.6 Å². The fourth-order valence-corrected chi connectivity index (χ4v) is 4.51. The Morgan fingerprint density at radius 3 is 1.81 bits per heavy atom. The summed E-state index contributed by atoms with van der Waals surface area (Å²) in [6.07, 6.45) is 2.25. The number of fused-ring (bicyclic) bond motifs is 3. The first-order chi connectivity index (χ1) is 15.1. The fraction of sp³-hybridized carbons (Fsp3) is 0.172. The van der Waals surface area contributed by atoms with Gasteiger partial charge in [-0.2, -0.15) is 0 Å². The van der Waals surface area contributed by atoms with Crippen LogP contribution < -0.4 is 0 Å². The standard InChI is InChI=1S/C29H26N2/c1-4-9-21-10-8-13-23(18-21)27-17-20(3)31-29-25(27)15-14-24-26(16-19(2)30-28(24)29)22-11-6-5-7-12-22/h5-8,10-18H,4,9H2,1-3H3. The molecule has 0 aliphatic heterocycles. The third-order valence-corrected chi connectivity index (χ3v) is 5.88. The highest BCUT2D eigenvalue weighted by molar-refractivity contribution is 6.12. The van der Waals surface area contributed by atoms with Crippen LogP contribution in [0.15, 0.2) is 78.9 Å². The first-order valence-corrected chi connectivity index (χ1v) is 11.0. The van der Waals surface area contributed by atoms with Gasteiger partial charge in [-0.15, -0.1) is 0 Å². The van der Waals surface area contributed by atoms with Gasteiger partial charge in [0.1, 0.15) is 0 Å². The summed E-state index contributed by atoms with van der Waals surface area (Å²) in [6, 6.07) is 28.3. The zero-order valence-electron chi connectivity index (χ0n) is 18.3. The maximum atomic E-state index is 4.96. The Balaban J connectivity index is 1.81. The van der Waals surface area contributed by atoms with Crippen LogP contribution in [0.2, 0.25) is 0 Å². The second-order valence-corrected chi connectivity index (χ2v) is 8.30. The highest BCUT2D eigenvalue weighted by Crippen LogP contribution is 2.36. The number of nitrogens with zero attached hydrogens (tertiary/aromatic N) is 2. The summed E-state index contributed by atoms with van der Waals surface area (Å²) < 4.78 is 0. The van der Waals surface area contributed by atoms with E-state index in [9.17, 15) is 0 Å². The van der Waals surface area contributed by atoms with E-state index in [0.29, 0.717) is 0 Å². The second-order valence-electron chi connectivity index (χ2n) is 8.30. The van der Waals surface area contributed by atoms with Gasteiger partial charge in [0.2, 0.25) is 0 Å². The third kappa shape index (κ3) is 3.59. The predicted octanol–water partition coefficient (Wildman–Crippen LogP) is 7.69. The van der Waals surface area contributed by atoms with Crippen molar-refractivity contribution >= 4 is 21.8 Å². The molecule has 31 heavy (non-hydrogen) atoms. The number of rotatable bonds is 4. The lowest BCUT2D eigenvalue weighted by Crippen LogP contribution is -1.95. The predicted molar refractivity (Wildman–Crippen MR) is 131 cm³/mol. The molecule has 5 rings (SSSR count). The van der Waals surface area contributed by atoms with Crippen LogP contribution in [0, 0.1) is 13.8 Å². The molecule has 0 amide bonds. The lowest BCUT2D eigenvalue weighted by molar-refractivity contribution is 0.922. The van der Waals surface area contributed by atoms with Gasteiger partial charge >= 0.3 is 0 Å². The largest absolute Gasteiger partial charge is 0.251 e. The Labute approximate surface area is 183 Å². The van der Waals surface area contributed by atoms with Gasteiger partial charge in [-0.25, -0.2) is 0 Å². The molecule has 5 aromatic rings. The molecule has 0 aliphatic carbocycles. The summed E-state index contributed by atoms with van der Waals surface area (Å²) in [5, 5.41) is 2.30. The van der Waals surface area contributed by atoms with E-state index < -0.39 is 0 Å². The minimum absolute atomic E-state index is 0.978. The summed E-state index contributed by atoms with van der Waals surface area (Å²) >= 11 is 0. The topological polar surface area (TPSA) is 25.8 Å². The Morgan fingerprint density at radius 1 is 0.613 bits per heavy atom. The number of hydrogen-bond acceptors (Lipinski definition) is 2. The van der Waals surface area contributed by atoms with Crippen LogP contribution in [-0.4, -0.2) is 9.97 Å². The Bertz CT molecular complexity index is 1400. The van der Waals surface area contributed by atoms with E-state index in [1.54, 1.807) is 0 Å². The third-order valence-electron chi connectivity index (χ3n) is 5.88. The number of hydrogen-bond donors (Lipinski definition) is 0. The average molecular weight is 403 g/mol. The molecule has 0 saturated carbocycles. The van der Waals surface area contributed by atoms with Crippen molar-refractivity contribution in [2.45, 2.75) is 33.6 Å². The monoisotopic (exact) mass is 402 g/mol. The van der Waals surface area contributed by atoms with Crippen LogP contribution >= 0.6 is 0 Å². The first-order valence-electron chi connectivity index (χ1n) is 11.0.